The molecule has 0 aromatic rings. The molecule has 0 amide bonds. The van der Waals surface area contributed by atoms with Gasteiger partial charge >= 0.3 is 0 Å². The third-order valence-corrected chi connectivity index (χ3v) is 4.13. The molecule has 2 atom stereocenters. The summed E-state index contributed by atoms with van der Waals surface area (Å²) in [7, 11) is 0. The zero-order chi connectivity index (χ0) is 20.1. The lowest BCUT2D eigenvalue weighted by molar-refractivity contribution is -0.0126. The lowest BCUT2D eigenvalue weighted by Gasteiger charge is -2.30. The molecule has 0 aliphatic rings. The first kappa shape index (κ1) is 25.4. The molecular weight excluding hydrogens is 328 g/mol. The van der Waals surface area contributed by atoms with Crippen molar-refractivity contribution in [3.8, 4) is 11.8 Å². The summed E-state index contributed by atoms with van der Waals surface area (Å²) in [5, 5.41) is 17.9. The second-order valence-corrected chi connectivity index (χ2v) is 8.47. The van der Waals surface area contributed by atoms with Gasteiger partial charge < -0.3 is 19.7 Å². The molecule has 0 heterocycles. The largest absolute Gasteiger partial charge is 0.396 e. The number of hydrogen-bond acceptors (Lipinski definition) is 4. The number of aliphatic hydroxyl groups excluding tert-OH is 2. The fourth-order valence-electron chi connectivity index (χ4n) is 3.14. The lowest BCUT2D eigenvalue weighted by atomic mass is 9.90. The Kier molecular flexibility index (Phi) is 13.2. The molecule has 0 aromatic heterocycles. The van der Waals surface area contributed by atoms with Gasteiger partial charge in [0, 0.05) is 26.4 Å². The molecule has 0 radical (unpaired) electrons. The topological polar surface area (TPSA) is 58.9 Å². The highest BCUT2D eigenvalue weighted by Gasteiger charge is 2.28. The van der Waals surface area contributed by atoms with Gasteiger partial charge in [0.15, 0.2) is 0 Å². The van der Waals surface area contributed by atoms with E-state index in [0.29, 0.717) is 25.0 Å². The maximum Gasteiger partial charge on any atom is 0.126 e. The normalized spacial score (nSPS) is 16.2. The van der Waals surface area contributed by atoms with E-state index < -0.39 is 11.2 Å². The van der Waals surface area contributed by atoms with Crippen molar-refractivity contribution < 1.29 is 19.7 Å². The Balaban J connectivity index is 5.13. The van der Waals surface area contributed by atoms with Crippen molar-refractivity contribution in [2.24, 2.45) is 11.8 Å². The molecule has 0 aliphatic carbocycles. The Morgan fingerprint density at radius 2 is 1.04 bits per heavy atom. The van der Waals surface area contributed by atoms with Crippen LogP contribution in [0.3, 0.4) is 0 Å². The van der Waals surface area contributed by atoms with Crippen molar-refractivity contribution in [3.05, 3.63) is 0 Å². The van der Waals surface area contributed by atoms with Crippen molar-refractivity contribution >= 4 is 0 Å². The van der Waals surface area contributed by atoms with Crippen LogP contribution in [0.4, 0.5) is 0 Å². The van der Waals surface area contributed by atoms with E-state index in [0.717, 1.165) is 38.5 Å². The minimum absolute atomic E-state index is 0.198. The first-order valence-corrected chi connectivity index (χ1v) is 10.2. The predicted octanol–water partition coefficient (Wildman–Crippen LogP) is 4.18. The van der Waals surface area contributed by atoms with Gasteiger partial charge in [-0.2, -0.15) is 0 Å². The molecule has 0 fully saturated rings. The zero-order valence-electron chi connectivity index (χ0n) is 17.9. The fourth-order valence-corrected chi connectivity index (χ4v) is 3.14. The van der Waals surface area contributed by atoms with Gasteiger partial charge in [-0.05, 0) is 64.2 Å². The second-order valence-electron chi connectivity index (χ2n) is 8.47. The minimum Gasteiger partial charge on any atom is -0.396 e. The molecule has 4 heteroatoms. The van der Waals surface area contributed by atoms with E-state index in [9.17, 15) is 0 Å². The van der Waals surface area contributed by atoms with Crippen LogP contribution in [0.15, 0.2) is 0 Å². The van der Waals surface area contributed by atoms with Crippen molar-refractivity contribution in [2.75, 3.05) is 26.4 Å². The van der Waals surface area contributed by atoms with E-state index in [1.807, 2.05) is 0 Å². The van der Waals surface area contributed by atoms with Crippen molar-refractivity contribution in [1.82, 2.24) is 0 Å². The van der Waals surface area contributed by atoms with Crippen LogP contribution in [0, 0.1) is 23.7 Å². The van der Waals surface area contributed by atoms with Crippen LogP contribution in [0.2, 0.25) is 0 Å². The monoisotopic (exact) mass is 370 g/mol. The summed E-state index contributed by atoms with van der Waals surface area (Å²) in [5.74, 6) is 7.73. The Hall–Kier alpha value is -0.600. The van der Waals surface area contributed by atoms with Gasteiger partial charge in [0.25, 0.3) is 0 Å². The van der Waals surface area contributed by atoms with E-state index >= 15 is 0 Å². The minimum atomic E-state index is -0.504. The third-order valence-electron chi connectivity index (χ3n) is 4.13. The van der Waals surface area contributed by atoms with Crippen LogP contribution in [0.1, 0.15) is 80.1 Å². The van der Waals surface area contributed by atoms with Crippen LogP contribution in [0.5, 0.6) is 0 Å². The van der Waals surface area contributed by atoms with Crippen LogP contribution in [-0.2, 0) is 9.47 Å². The van der Waals surface area contributed by atoms with Gasteiger partial charge in [-0.1, -0.05) is 39.5 Å². The Morgan fingerprint density at radius 1 is 0.692 bits per heavy atom. The number of unbranched alkanes of at least 4 members (excludes halogenated alkanes) is 2. The summed E-state index contributed by atoms with van der Waals surface area (Å²) < 4.78 is 12.2. The van der Waals surface area contributed by atoms with Crippen molar-refractivity contribution in [1.29, 1.82) is 0 Å². The second kappa shape index (κ2) is 13.6. The van der Waals surface area contributed by atoms with Crippen LogP contribution in [0.25, 0.3) is 0 Å². The zero-order valence-corrected chi connectivity index (χ0v) is 17.9. The van der Waals surface area contributed by atoms with Crippen molar-refractivity contribution in [2.45, 2.75) is 91.3 Å². The molecule has 0 saturated heterocycles. The summed E-state index contributed by atoms with van der Waals surface area (Å²) in [4.78, 5) is 0. The SMILES string of the molecule is CC(C)CC(C)(C#CC(C)(CC(C)C)OCCCCO)OCCCCO. The Bertz CT molecular complexity index is 374. The predicted molar refractivity (Wildman–Crippen MR) is 108 cm³/mol. The average Bonchev–Trinajstić information content (AvgIpc) is 2.53. The highest BCUT2D eigenvalue weighted by Crippen LogP contribution is 2.24. The lowest BCUT2D eigenvalue weighted by Crippen LogP contribution is -2.33. The molecule has 0 spiro atoms. The van der Waals surface area contributed by atoms with E-state index in [4.69, 9.17) is 19.7 Å². The molecule has 0 saturated carbocycles. The number of ether oxygens (including phenoxy) is 2. The summed E-state index contributed by atoms with van der Waals surface area (Å²) >= 11 is 0. The van der Waals surface area contributed by atoms with Crippen molar-refractivity contribution in [3.63, 3.8) is 0 Å². The molecule has 2 unspecified atom stereocenters. The maximum absolute atomic E-state index is 8.94. The van der Waals surface area contributed by atoms with Gasteiger partial charge in [-0.15, -0.1) is 0 Å². The number of rotatable bonds is 14. The van der Waals surface area contributed by atoms with Crippen LogP contribution in [-0.4, -0.2) is 47.8 Å². The number of aliphatic hydroxyl groups is 2. The highest BCUT2D eigenvalue weighted by molar-refractivity contribution is 5.21. The standard InChI is InChI=1S/C22H42O4/c1-19(2)17-21(5,25-15-9-7-13-23)11-12-22(6,18-20(3)4)26-16-10-8-14-24/h19-20,23-24H,7-10,13-18H2,1-6H3. The summed E-state index contributed by atoms with van der Waals surface area (Å²) in [5.41, 5.74) is -1.01. The number of hydrogen-bond donors (Lipinski definition) is 2. The average molecular weight is 371 g/mol. The van der Waals surface area contributed by atoms with E-state index in [2.05, 4.69) is 53.4 Å². The smallest absolute Gasteiger partial charge is 0.126 e. The summed E-state index contributed by atoms with van der Waals surface area (Å²) in [6.45, 7) is 14.4. The quantitative estimate of drug-likeness (QED) is 0.356. The molecule has 2 N–H and O–H groups in total. The van der Waals surface area contributed by atoms with E-state index in [1.165, 1.54) is 0 Å². The van der Waals surface area contributed by atoms with Crippen LogP contribution >= 0.6 is 0 Å². The highest BCUT2D eigenvalue weighted by atomic mass is 16.5. The first-order chi connectivity index (χ1) is 12.2. The van der Waals surface area contributed by atoms with Gasteiger partial charge in [-0.3, -0.25) is 0 Å². The van der Waals surface area contributed by atoms with E-state index in [1.54, 1.807) is 0 Å². The van der Waals surface area contributed by atoms with Gasteiger partial charge in [0.1, 0.15) is 11.2 Å². The Morgan fingerprint density at radius 3 is 1.31 bits per heavy atom. The molecule has 154 valence electrons. The van der Waals surface area contributed by atoms with Gasteiger partial charge in [-0.25, -0.2) is 0 Å². The first-order valence-electron chi connectivity index (χ1n) is 10.2. The van der Waals surface area contributed by atoms with Crippen LogP contribution < -0.4 is 0 Å². The molecule has 0 aliphatic heterocycles. The maximum atomic E-state index is 8.94. The Labute approximate surface area is 161 Å². The molecule has 26 heavy (non-hydrogen) atoms. The molecular formula is C22H42O4. The van der Waals surface area contributed by atoms with Gasteiger partial charge in [0.2, 0.25) is 0 Å². The van der Waals surface area contributed by atoms with E-state index in [-0.39, 0.29) is 13.2 Å². The van der Waals surface area contributed by atoms with Gasteiger partial charge in [0.05, 0.1) is 0 Å². The summed E-state index contributed by atoms with van der Waals surface area (Å²) in [6.07, 6.45) is 4.91. The summed E-state index contributed by atoms with van der Waals surface area (Å²) in [6, 6.07) is 0. The molecule has 0 aromatic carbocycles. The molecule has 0 bridgehead atoms. The molecule has 4 nitrogen and oxygen atoms in total. The molecule has 0 rings (SSSR count). The fraction of sp³-hybridized carbons (Fsp3) is 0.909. The third kappa shape index (κ3) is 12.7.